The van der Waals surface area contributed by atoms with Crippen LogP contribution in [0.4, 0.5) is 0 Å². The largest absolute Gasteiger partial charge is 0.490 e. The Kier molecular flexibility index (Phi) is 9.10. The highest BCUT2D eigenvalue weighted by molar-refractivity contribution is 5.74. The van der Waals surface area contributed by atoms with Crippen LogP contribution in [0.5, 0.6) is 11.5 Å². The van der Waals surface area contributed by atoms with Crippen molar-refractivity contribution in [1.29, 1.82) is 0 Å². The number of hydrogen-bond acceptors (Lipinski definition) is 6. The highest BCUT2D eigenvalue weighted by Gasteiger charge is 2.41. The number of benzene rings is 2. The molecule has 2 fully saturated rings. The van der Waals surface area contributed by atoms with E-state index in [9.17, 15) is 9.59 Å². The van der Waals surface area contributed by atoms with Crippen molar-refractivity contribution in [3.8, 4) is 11.5 Å². The Morgan fingerprint density at radius 1 is 0.619 bits per heavy atom. The van der Waals surface area contributed by atoms with E-state index in [1.54, 1.807) is 0 Å². The molecule has 0 heterocycles. The summed E-state index contributed by atoms with van der Waals surface area (Å²) >= 11 is 0. The van der Waals surface area contributed by atoms with E-state index >= 15 is 0 Å². The van der Waals surface area contributed by atoms with E-state index in [1.165, 1.54) is 0 Å². The summed E-state index contributed by atoms with van der Waals surface area (Å²) in [6.45, 7) is 5.58. The molecular formula is C36H44O6. The lowest BCUT2D eigenvalue weighted by molar-refractivity contribution is -0.151. The number of carbonyl (C=O) groups excluding carboxylic acids is 2. The van der Waals surface area contributed by atoms with Gasteiger partial charge in [-0.2, -0.15) is 0 Å². The van der Waals surface area contributed by atoms with Crippen LogP contribution in [-0.4, -0.2) is 38.4 Å². The fourth-order valence-electron chi connectivity index (χ4n) is 7.02. The highest BCUT2D eigenvalue weighted by Crippen LogP contribution is 2.44. The molecule has 6 heteroatoms. The molecule has 4 aliphatic rings. The van der Waals surface area contributed by atoms with Crippen LogP contribution in [0.3, 0.4) is 0 Å². The topological polar surface area (TPSA) is 71.1 Å². The molecule has 4 aliphatic carbocycles. The summed E-state index contributed by atoms with van der Waals surface area (Å²) in [6.07, 6.45) is 12.8. The van der Waals surface area contributed by atoms with Crippen LogP contribution in [0.1, 0.15) is 58.1 Å². The molecule has 0 radical (unpaired) electrons. The van der Waals surface area contributed by atoms with Crippen molar-refractivity contribution in [3.63, 3.8) is 0 Å². The van der Waals surface area contributed by atoms with Crippen molar-refractivity contribution in [2.24, 2.45) is 35.5 Å². The van der Waals surface area contributed by atoms with Crippen LogP contribution in [0.2, 0.25) is 0 Å². The quantitative estimate of drug-likeness (QED) is 0.156. The average molecular weight is 573 g/mol. The predicted octanol–water partition coefficient (Wildman–Crippen LogP) is 6.92. The maximum Gasteiger partial charge on any atom is 0.309 e. The molecule has 224 valence electrons. The molecular weight excluding hydrogens is 528 g/mol. The van der Waals surface area contributed by atoms with Crippen molar-refractivity contribution >= 4 is 11.9 Å². The maximum absolute atomic E-state index is 12.4. The number of allylic oxidation sites excluding steroid dienone is 4. The van der Waals surface area contributed by atoms with Crippen LogP contribution in [0.25, 0.3) is 0 Å². The Labute approximate surface area is 250 Å². The molecule has 2 aromatic rings. The van der Waals surface area contributed by atoms with Crippen molar-refractivity contribution in [2.45, 2.75) is 52.4 Å². The van der Waals surface area contributed by atoms with Gasteiger partial charge >= 0.3 is 11.9 Å². The van der Waals surface area contributed by atoms with Gasteiger partial charge in [0.25, 0.3) is 0 Å². The number of rotatable bonds is 12. The van der Waals surface area contributed by atoms with E-state index < -0.39 is 0 Å². The van der Waals surface area contributed by atoms with Gasteiger partial charge in [0, 0.05) is 5.41 Å². The molecule has 2 saturated carbocycles. The first kappa shape index (κ1) is 29.9. The third-order valence-corrected chi connectivity index (χ3v) is 9.51. The first-order valence-corrected chi connectivity index (χ1v) is 15.0. The SMILES string of the molecule is C.CC(C)(c1ccc(OCCOC(=O)C2CC3C=CC2C3)cc1)c1ccc(OCCOC(=O)C2CC3C=CC2C3)cc1. The summed E-state index contributed by atoms with van der Waals surface area (Å²) in [6, 6.07) is 16.2. The standard InChI is InChI=1S/C35H40O6.CH4/c1-35(2,27-7-11-29(12-8-27)38-15-17-40-33(36)31-21-23-3-5-25(31)19-23)28-9-13-30(14-10-28)39-16-18-41-34(37)32-22-24-4-6-26(32)20-24;/h3-14,23-26,31-32H,15-22H2,1-2H3;1H4. The maximum atomic E-state index is 12.4. The van der Waals surface area contributed by atoms with Crippen LogP contribution >= 0.6 is 0 Å². The monoisotopic (exact) mass is 572 g/mol. The molecule has 42 heavy (non-hydrogen) atoms. The Morgan fingerprint density at radius 3 is 1.36 bits per heavy atom. The van der Waals surface area contributed by atoms with Crippen LogP contribution in [-0.2, 0) is 24.5 Å². The van der Waals surface area contributed by atoms with E-state index in [-0.39, 0.29) is 49.8 Å². The minimum absolute atomic E-state index is 0. The van der Waals surface area contributed by atoms with Gasteiger partial charge in [-0.1, -0.05) is 69.8 Å². The lowest BCUT2D eigenvalue weighted by atomic mass is 9.78. The van der Waals surface area contributed by atoms with Crippen molar-refractivity contribution < 1.29 is 28.5 Å². The van der Waals surface area contributed by atoms with E-state index in [0.29, 0.717) is 36.9 Å². The number of fused-ring (bicyclic) bond motifs is 4. The van der Waals surface area contributed by atoms with Gasteiger partial charge in [-0.05, 0) is 84.7 Å². The molecule has 0 saturated heterocycles. The minimum atomic E-state index is -0.216. The van der Waals surface area contributed by atoms with E-state index in [0.717, 1.165) is 48.3 Å². The smallest absolute Gasteiger partial charge is 0.309 e. The van der Waals surface area contributed by atoms with E-state index in [2.05, 4.69) is 62.4 Å². The predicted molar refractivity (Wildman–Crippen MR) is 162 cm³/mol. The van der Waals surface area contributed by atoms with Gasteiger partial charge in [-0.25, -0.2) is 0 Å². The number of esters is 2. The third-order valence-electron chi connectivity index (χ3n) is 9.51. The van der Waals surface area contributed by atoms with Gasteiger partial charge in [0.1, 0.15) is 37.9 Å². The molecule has 0 aromatic heterocycles. The van der Waals surface area contributed by atoms with Crippen LogP contribution < -0.4 is 9.47 Å². The van der Waals surface area contributed by atoms with Crippen LogP contribution in [0, 0.1) is 35.5 Å². The molecule has 0 amide bonds. The summed E-state index contributed by atoms with van der Waals surface area (Å²) in [7, 11) is 0. The van der Waals surface area contributed by atoms with Gasteiger partial charge in [0.05, 0.1) is 11.8 Å². The Bertz CT molecular complexity index is 1190. The molecule has 6 nitrogen and oxygen atoms in total. The fourth-order valence-corrected chi connectivity index (χ4v) is 7.02. The summed E-state index contributed by atoms with van der Waals surface area (Å²) in [5.41, 5.74) is 2.11. The minimum Gasteiger partial charge on any atom is -0.490 e. The average Bonchev–Trinajstić information content (AvgIpc) is 3.81. The van der Waals surface area contributed by atoms with Crippen molar-refractivity contribution in [3.05, 3.63) is 84.0 Å². The fraction of sp³-hybridized carbons (Fsp3) is 0.500. The van der Waals surface area contributed by atoms with Gasteiger partial charge in [-0.15, -0.1) is 0 Å². The van der Waals surface area contributed by atoms with E-state index in [1.807, 2.05) is 24.3 Å². The molecule has 4 bridgehead atoms. The summed E-state index contributed by atoms with van der Waals surface area (Å²) < 4.78 is 22.6. The summed E-state index contributed by atoms with van der Waals surface area (Å²) in [4.78, 5) is 24.7. The van der Waals surface area contributed by atoms with Gasteiger partial charge in [0.15, 0.2) is 0 Å². The van der Waals surface area contributed by atoms with Gasteiger partial charge in [0.2, 0.25) is 0 Å². The molecule has 0 spiro atoms. The van der Waals surface area contributed by atoms with Crippen molar-refractivity contribution in [2.75, 3.05) is 26.4 Å². The summed E-state index contributed by atoms with van der Waals surface area (Å²) in [5.74, 6) is 3.20. The molecule has 0 aliphatic heterocycles. The second-order valence-electron chi connectivity index (χ2n) is 12.5. The first-order chi connectivity index (χ1) is 19.9. The first-order valence-electron chi connectivity index (χ1n) is 15.0. The van der Waals surface area contributed by atoms with E-state index in [4.69, 9.17) is 18.9 Å². The Hall–Kier alpha value is -3.54. The number of ether oxygens (including phenoxy) is 4. The molecule has 6 rings (SSSR count). The highest BCUT2D eigenvalue weighted by atomic mass is 16.6. The van der Waals surface area contributed by atoms with Gasteiger partial charge in [-0.3, -0.25) is 9.59 Å². The van der Waals surface area contributed by atoms with Crippen LogP contribution in [0.15, 0.2) is 72.8 Å². The number of carbonyl (C=O) groups is 2. The third kappa shape index (κ3) is 6.43. The molecule has 6 unspecified atom stereocenters. The Balaban J connectivity index is 0.00000353. The molecule has 6 atom stereocenters. The van der Waals surface area contributed by atoms with Gasteiger partial charge < -0.3 is 18.9 Å². The zero-order valence-corrected chi connectivity index (χ0v) is 24.0. The lowest BCUT2D eigenvalue weighted by Gasteiger charge is -2.26. The van der Waals surface area contributed by atoms with Crippen molar-refractivity contribution in [1.82, 2.24) is 0 Å². The molecule has 0 N–H and O–H groups in total. The lowest BCUT2D eigenvalue weighted by Crippen LogP contribution is -2.23. The second-order valence-corrected chi connectivity index (χ2v) is 12.5. The number of hydrogen-bond donors (Lipinski definition) is 0. The molecule has 2 aromatic carbocycles. The zero-order valence-electron chi connectivity index (χ0n) is 24.0. The normalized spacial score (nSPS) is 26.6. The zero-order chi connectivity index (χ0) is 28.4. The Morgan fingerprint density at radius 2 is 1.02 bits per heavy atom. The second kappa shape index (κ2) is 12.8. The summed E-state index contributed by atoms with van der Waals surface area (Å²) in [5, 5.41) is 0.